The summed E-state index contributed by atoms with van der Waals surface area (Å²) >= 11 is 3.65. The van der Waals surface area contributed by atoms with Crippen LogP contribution in [0.5, 0.6) is 17.2 Å². The van der Waals surface area contributed by atoms with Gasteiger partial charge in [-0.2, -0.15) is 0 Å². The Labute approximate surface area is 166 Å². The number of hydrogen-bond acceptors (Lipinski definition) is 5. The van der Waals surface area contributed by atoms with Crippen molar-refractivity contribution in [1.29, 1.82) is 0 Å². The zero-order valence-electron chi connectivity index (χ0n) is 15.4. The molecule has 27 heavy (non-hydrogen) atoms. The summed E-state index contributed by atoms with van der Waals surface area (Å²) in [5.74, 6) is -0.876. The van der Waals surface area contributed by atoms with E-state index < -0.39 is 16.2 Å². The van der Waals surface area contributed by atoms with Crippen molar-refractivity contribution in [3.8, 4) is 17.2 Å². The number of Topliss-reactive ketones (excluding diaryl/α,β-unsaturated/α-hetero) is 1. The molecule has 0 aliphatic heterocycles. The van der Waals surface area contributed by atoms with Gasteiger partial charge in [0.25, 0.3) is 0 Å². The summed E-state index contributed by atoms with van der Waals surface area (Å²) in [5.41, 5.74) is 1.98. The first-order valence-electron chi connectivity index (χ1n) is 8.52. The second kappa shape index (κ2) is 7.00. The maximum Gasteiger partial charge on any atom is 0.200 e. The Kier molecular flexibility index (Phi) is 5.04. The minimum absolute atomic E-state index is 0.0476. The van der Waals surface area contributed by atoms with Crippen LogP contribution >= 0.6 is 15.9 Å². The molecule has 6 heteroatoms. The van der Waals surface area contributed by atoms with Crippen molar-refractivity contribution in [2.75, 3.05) is 14.2 Å². The summed E-state index contributed by atoms with van der Waals surface area (Å²) in [6, 6.07) is 3.32. The maximum atomic E-state index is 13.1. The summed E-state index contributed by atoms with van der Waals surface area (Å²) in [6.45, 7) is 5.55. The molecule has 0 aromatic heterocycles. The van der Waals surface area contributed by atoms with Gasteiger partial charge in [-0.15, -0.1) is 0 Å². The number of methoxy groups -OCH3 is 2. The predicted octanol–water partition coefficient (Wildman–Crippen LogP) is 3.86. The topological polar surface area (TPSA) is 72.8 Å². The van der Waals surface area contributed by atoms with Crippen molar-refractivity contribution in [3.63, 3.8) is 0 Å². The van der Waals surface area contributed by atoms with Gasteiger partial charge in [0.15, 0.2) is 23.1 Å². The van der Waals surface area contributed by atoms with Crippen molar-refractivity contribution in [2.45, 2.75) is 23.6 Å². The van der Waals surface area contributed by atoms with E-state index in [1.165, 1.54) is 20.3 Å². The third-order valence-electron chi connectivity index (χ3n) is 5.35. The number of halogens is 1. The van der Waals surface area contributed by atoms with Gasteiger partial charge in [-0.25, -0.2) is 0 Å². The van der Waals surface area contributed by atoms with E-state index >= 15 is 0 Å². The first-order chi connectivity index (χ1) is 12.8. The third-order valence-corrected chi connectivity index (χ3v) is 6.75. The number of phenolic OH excluding ortho intramolecular Hbond substituents is 1. The molecule has 0 radical (unpaired) electrons. The lowest BCUT2D eigenvalue weighted by Crippen LogP contribution is -2.52. The Morgan fingerprint density at radius 1 is 1.26 bits per heavy atom. The number of aromatic hydroxyl groups is 1. The lowest BCUT2D eigenvalue weighted by atomic mass is 9.63. The molecule has 1 N–H and O–H groups in total. The van der Waals surface area contributed by atoms with Gasteiger partial charge in [0.05, 0.1) is 14.2 Å². The van der Waals surface area contributed by atoms with Gasteiger partial charge < -0.3 is 14.6 Å². The van der Waals surface area contributed by atoms with Gasteiger partial charge in [-0.05, 0) is 48.3 Å². The molecule has 3 atom stereocenters. The van der Waals surface area contributed by atoms with Crippen LogP contribution in [-0.4, -0.2) is 35.2 Å². The molecule has 1 aromatic rings. The molecule has 3 rings (SSSR count). The number of carbonyl (C=O) groups excluding carboxylic acids is 2. The first-order valence-corrected chi connectivity index (χ1v) is 9.32. The molecule has 0 saturated heterocycles. The van der Waals surface area contributed by atoms with E-state index in [0.29, 0.717) is 17.6 Å². The van der Waals surface area contributed by atoms with Crippen LogP contribution in [0.25, 0.3) is 0 Å². The fourth-order valence-corrected chi connectivity index (χ4v) is 5.01. The van der Waals surface area contributed by atoms with E-state index in [0.717, 1.165) is 5.57 Å². The minimum atomic E-state index is -1.13. The van der Waals surface area contributed by atoms with Crippen LogP contribution in [0.3, 0.4) is 0 Å². The molecule has 2 aliphatic rings. The highest BCUT2D eigenvalue weighted by molar-refractivity contribution is 9.10. The zero-order valence-corrected chi connectivity index (χ0v) is 17.0. The highest BCUT2D eigenvalue weighted by atomic mass is 79.9. The van der Waals surface area contributed by atoms with E-state index in [2.05, 4.69) is 22.5 Å². The monoisotopic (exact) mass is 432 g/mol. The van der Waals surface area contributed by atoms with Gasteiger partial charge in [0, 0.05) is 11.8 Å². The number of hydrogen-bond donors (Lipinski definition) is 1. The molecular formula is C21H21BrO5. The second-order valence-corrected chi connectivity index (χ2v) is 8.04. The Morgan fingerprint density at radius 2 is 1.85 bits per heavy atom. The molecule has 3 unspecified atom stereocenters. The van der Waals surface area contributed by atoms with E-state index in [-0.39, 0.29) is 28.8 Å². The van der Waals surface area contributed by atoms with Crippen molar-refractivity contribution < 1.29 is 24.2 Å². The predicted molar refractivity (Wildman–Crippen MR) is 106 cm³/mol. The number of allylic oxidation sites excluding steroid dienone is 5. The standard InChI is InChI=1S/C21H21BrO5/c1-5-12-6-7-14-19(24)11(2)8-17(23)21(14,22)18(12)13-9-15(26-3)20(25)16(10-13)27-4/h5-6,8-10,14,18,25H,1,7H2,2-4H3. The normalized spacial score (nSPS) is 27.4. The fourth-order valence-electron chi connectivity index (χ4n) is 3.97. The molecule has 0 spiro atoms. The fraction of sp³-hybridized carbons (Fsp3) is 0.333. The zero-order chi connectivity index (χ0) is 19.9. The Bertz CT molecular complexity index is 873. The van der Waals surface area contributed by atoms with E-state index in [1.54, 1.807) is 25.1 Å². The van der Waals surface area contributed by atoms with Crippen LogP contribution in [-0.2, 0) is 9.59 Å². The summed E-state index contributed by atoms with van der Waals surface area (Å²) in [7, 11) is 2.88. The number of benzene rings is 1. The van der Waals surface area contributed by atoms with Crippen LogP contribution in [0.15, 0.2) is 48.1 Å². The summed E-state index contributed by atoms with van der Waals surface area (Å²) in [5, 5.41) is 10.2. The lowest BCUT2D eigenvalue weighted by Gasteiger charge is -2.45. The number of ether oxygens (including phenoxy) is 2. The third kappa shape index (κ3) is 2.83. The van der Waals surface area contributed by atoms with E-state index in [4.69, 9.17) is 9.47 Å². The van der Waals surface area contributed by atoms with Crippen LogP contribution in [0.2, 0.25) is 0 Å². The molecule has 0 amide bonds. The lowest BCUT2D eigenvalue weighted by molar-refractivity contribution is -0.128. The summed E-state index contributed by atoms with van der Waals surface area (Å²) < 4.78 is 9.40. The molecule has 0 bridgehead atoms. The molecule has 142 valence electrons. The summed E-state index contributed by atoms with van der Waals surface area (Å²) in [6.07, 6.45) is 5.49. The number of carbonyl (C=O) groups is 2. The maximum absolute atomic E-state index is 13.1. The van der Waals surface area contributed by atoms with Crippen molar-refractivity contribution in [1.82, 2.24) is 0 Å². The number of fused-ring (bicyclic) bond motifs is 1. The second-order valence-electron chi connectivity index (χ2n) is 6.73. The number of ketones is 2. The molecule has 0 saturated carbocycles. The molecule has 5 nitrogen and oxygen atoms in total. The van der Waals surface area contributed by atoms with Gasteiger partial charge in [-0.1, -0.05) is 34.7 Å². The minimum Gasteiger partial charge on any atom is -0.502 e. The van der Waals surface area contributed by atoms with Crippen LogP contribution in [0.1, 0.15) is 24.8 Å². The number of alkyl halides is 1. The van der Waals surface area contributed by atoms with E-state index in [1.807, 2.05) is 6.08 Å². The smallest absolute Gasteiger partial charge is 0.200 e. The van der Waals surface area contributed by atoms with Gasteiger partial charge >= 0.3 is 0 Å². The van der Waals surface area contributed by atoms with Gasteiger partial charge in [0.2, 0.25) is 5.75 Å². The summed E-state index contributed by atoms with van der Waals surface area (Å²) in [4.78, 5) is 25.9. The molecule has 0 heterocycles. The molecule has 1 aromatic carbocycles. The van der Waals surface area contributed by atoms with Gasteiger partial charge in [0.1, 0.15) is 4.32 Å². The average molecular weight is 433 g/mol. The van der Waals surface area contributed by atoms with Crippen molar-refractivity contribution in [3.05, 3.63) is 53.6 Å². The largest absolute Gasteiger partial charge is 0.502 e. The van der Waals surface area contributed by atoms with Gasteiger partial charge in [-0.3, -0.25) is 9.59 Å². The van der Waals surface area contributed by atoms with E-state index in [9.17, 15) is 14.7 Å². The quantitative estimate of drug-likeness (QED) is 0.731. The SMILES string of the molecule is C=CC1=CCC2C(=O)C(C)=CC(=O)C2(Br)C1c1cc(OC)c(O)c(OC)c1. The highest BCUT2D eigenvalue weighted by Crippen LogP contribution is 2.55. The van der Waals surface area contributed by atoms with Crippen molar-refractivity contribution in [2.24, 2.45) is 5.92 Å². The Hall–Kier alpha value is -2.34. The van der Waals surface area contributed by atoms with Crippen LogP contribution < -0.4 is 9.47 Å². The molecular weight excluding hydrogens is 412 g/mol. The van der Waals surface area contributed by atoms with Crippen molar-refractivity contribution >= 4 is 27.5 Å². The first kappa shape index (κ1) is 19.4. The number of rotatable bonds is 4. The number of phenols is 1. The molecule has 2 aliphatic carbocycles. The van der Waals surface area contributed by atoms with Crippen LogP contribution in [0.4, 0.5) is 0 Å². The average Bonchev–Trinajstić information content (AvgIpc) is 2.66. The Balaban J connectivity index is 2.27. The Morgan fingerprint density at radius 3 is 2.37 bits per heavy atom. The molecule has 0 fully saturated rings. The van der Waals surface area contributed by atoms with Crippen LogP contribution in [0, 0.1) is 5.92 Å². The highest BCUT2D eigenvalue weighted by Gasteiger charge is 2.56.